The van der Waals surface area contributed by atoms with E-state index in [9.17, 15) is 4.79 Å². The Kier molecular flexibility index (Phi) is 7.70. The van der Waals surface area contributed by atoms with Crippen molar-refractivity contribution < 1.29 is 9.32 Å². The molecule has 1 aromatic heterocycles. The lowest BCUT2D eigenvalue weighted by Crippen LogP contribution is -2.49. The van der Waals surface area contributed by atoms with Crippen LogP contribution in [0.15, 0.2) is 45.9 Å². The maximum Gasteiger partial charge on any atom is 0.224 e. The molecule has 0 aliphatic carbocycles. The normalized spacial score (nSPS) is 14.9. The van der Waals surface area contributed by atoms with Gasteiger partial charge in [0, 0.05) is 57.9 Å². The summed E-state index contributed by atoms with van der Waals surface area (Å²) >= 11 is 0. The summed E-state index contributed by atoms with van der Waals surface area (Å²) in [6.07, 6.45) is 0.436. The first-order valence-corrected chi connectivity index (χ1v) is 10.5. The van der Waals surface area contributed by atoms with Gasteiger partial charge in [-0.3, -0.25) is 9.79 Å². The largest absolute Gasteiger partial charge is 0.368 e. The highest BCUT2D eigenvalue weighted by Gasteiger charge is 2.20. The highest BCUT2D eigenvalue weighted by atomic mass is 16.5. The van der Waals surface area contributed by atoms with Crippen molar-refractivity contribution >= 4 is 17.6 Å². The standard InChI is InChI=1S/C22H32N6O2/c1-17(2)20-15-19(30-26-20)16-25-22(23-3)24-10-9-21(29)28-13-11-27(12-14-28)18-7-5-4-6-8-18/h4-8,15,17H,9-14,16H2,1-3H3,(H2,23,24,25). The number of anilines is 1. The zero-order valence-corrected chi connectivity index (χ0v) is 18.1. The smallest absolute Gasteiger partial charge is 0.224 e. The molecule has 3 rings (SSSR count). The summed E-state index contributed by atoms with van der Waals surface area (Å²) in [7, 11) is 1.71. The Morgan fingerprint density at radius 3 is 2.53 bits per heavy atom. The monoisotopic (exact) mass is 412 g/mol. The molecule has 8 nitrogen and oxygen atoms in total. The number of amides is 1. The number of hydrogen-bond donors (Lipinski definition) is 2. The molecular formula is C22H32N6O2. The van der Waals surface area contributed by atoms with Crippen molar-refractivity contribution in [2.24, 2.45) is 4.99 Å². The number of carbonyl (C=O) groups is 1. The number of aromatic nitrogens is 1. The number of aliphatic imine (C=N–C) groups is 1. The van der Waals surface area contributed by atoms with Crippen molar-refractivity contribution in [2.45, 2.75) is 32.7 Å². The lowest BCUT2D eigenvalue weighted by Gasteiger charge is -2.36. The Balaban J connectivity index is 1.36. The van der Waals surface area contributed by atoms with Crippen molar-refractivity contribution in [3.63, 3.8) is 0 Å². The molecule has 1 aromatic carbocycles. The van der Waals surface area contributed by atoms with Crippen LogP contribution in [0.5, 0.6) is 0 Å². The van der Waals surface area contributed by atoms with Crippen LogP contribution in [0, 0.1) is 0 Å². The highest BCUT2D eigenvalue weighted by molar-refractivity contribution is 5.81. The van der Waals surface area contributed by atoms with E-state index in [1.54, 1.807) is 7.05 Å². The third-order valence-corrected chi connectivity index (χ3v) is 5.21. The van der Waals surface area contributed by atoms with Crippen LogP contribution in [0.4, 0.5) is 5.69 Å². The maximum atomic E-state index is 12.5. The second kappa shape index (κ2) is 10.7. The van der Waals surface area contributed by atoms with E-state index in [4.69, 9.17) is 4.52 Å². The van der Waals surface area contributed by atoms with Crippen LogP contribution in [0.25, 0.3) is 0 Å². The summed E-state index contributed by atoms with van der Waals surface area (Å²) < 4.78 is 5.32. The average molecular weight is 413 g/mol. The predicted molar refractivity (Wildman–Crippen MR) is 119 cm³/mol. The zero-order valence-electron chi connectivity index (χ0n) is 18.1. The second-order valence-electron chi connectivity index (χ2n) is 7.68. The average Bonchev–Trinajstić information content (AvgIpc) is 3.26. The Bertz CT molecular complexity index is 825. The molecule has 1 amide bonds. The third kappa shape index (κ3) is 5.98. The van der Waals surface area contributed by atoms with Gasteiger partial charge in [0.15, 0.2) is 11.7 Å². The van der Waals surface area contributed by atoms with Gasteiger partial charge in [-0.25, -0.2) is 0 Å². The van der Waals surface area contributed by atoms with Gasteiger partial charge in [0.25, 0.3) is 0 Å². The summed E-state index contributed by atoms with van der Waals surface area (Å²) in [6, 6.07) is 12.3. The van der Waals surface area contributed by atoms with Gasteiger partial charge >= 0.3 is 0 Å². The fraction of sp³-hybridized carbons (Fsp3) is 0.500. The van der Waals surface area contributed by atoms with Crippen molar-refractivity contribution in [3.8, 4) is 0 Å². The first-order chi connectivity index (χ1) is 14.6. The molecule has 0 atom stereocenters. The summed E-state index contributed by atoms with van der Waals surface area (Å²) in [5.74, 6) is 1.90. The number of hydrogen-bond acceptors (Lipinski definition) is 5. The molecule has 0 spiro atoms. The number of nitrogens with one attached hydrogen (secondary N) is 2. The number of nitrogens with zero attached hydrogens (tertiary/aromatic N) is 4. The highest BCUT2D eigenvalue weighted by Crippen LogP contribution is 2.16. The summed E-state index contributed by atoms with van der Waals surface area (Å²) in [4.78, 5) is 21.0. The molecule has 2 N–H and O–H groups in total. The molecule has 1 aliphatic heterocycles. The molecule has 2 heterocycles. The van der Waals surface area contributed by atoms with E-state index < -0.39 is 0 Å². The third-order valence-electron chi connectivity index (χ3n) is 5.21. The van der Waals surface area contributed by atoms with Crippen LogP contribution in [-0.2, 0) is 11.3 Å². The number of rotatable bonds is 7. The summed E-state index contributed by atoms with van der Waals surface area (Å²) in [5, 5.41) is 10.4. The van der Waals surface area contributed by atoms with Gasteiger partial charge in [0.1, 0.15) is 0 Å². The number of carbonyl (C=O) groups excluding carboxylic acids is 1. The van der Waals surface area contributed by atoms with E-state index in [0.29, 0.717) is 31.4 Å². The molecule has 0 unspecified atom stereocenters. The number of benzene rings is 1. The second-order valence-corrected chi connectivity index (χ2v) is 7.68. The van der Waals surface area contributed by atoms with Crippen LogP contribution in [0.3, 0.4) is 0 Å². The molecule has 162 valence electrons. The fourth-order valence-corrected chi connectivity index (χ4v) is 3.37. The van der Waals surface area contributed by atoms with Gasteiger partial charge in [-0.15, -0.1) is 0 Å². The molecule has 0 bridgehead atoms. The SMILES string of the molecule is CN=C(NCCC(=O)N1CCN(c2ccccc2)CC1)NCc1cc(C(C)C)no1. The van der Waals surface area contributed by atoms with Gasteiger partial charge in [0.2, 0.25) is 5.91 Å². The van der Waals surface area contributed by atoms with Gasteiger partial charge in [-0.1, -0.05) is 37.2 Å². The number of guanidine groups is 1. The minimum atomic E-state index is 0.169. The maximum absolute atomic E-state index is 12.5. The quantitative estimate of drug-likeness (QED) is 0.536. The molecule has 30 heavy (non-hydrogen) atoms. The first kappa shape index (κ1) is 21.7. The van der Waals surface area contributed by atoms with Gasteiger partial charge in [-0.05, 0) is 18.1 Å². The van der Waals surface area contributed by atoms with Crippen LogP contribution in [-0.4, -0.2) is 61.7 Å². The topological polar surface area (TPSA) is 86.0 Å². The molecule has 1 aliphatic rings. The van der Waals surface area contributed by atoms with Crippen LogP contribution < -0.4 is 15.5 Å². The van der Waals surface area contributed by atoms with Crippen molar-refractivity contribution in [1.82, 2.24) is 20.7 Å². The first-order valence-electron chi connectivity index (χ1n) is 10.5. The Labute approximate surface area is 178 Å². The molecule has 1 fully saturated rings. The van der Waals surface area contributed by atoms with Crippen LogP contribution in [0.1, 0.15) is 37.6 Å². The van der Waals surface area contributed by atoms with E-state index in [1.807, 2.05) is 29.2 Å². The molecule has 2 aromatic rings. The minimum Gasteiger partial charge on any atom is -0.368 e. The van der Waals surface area contributed by atoms with E-state index in [1.165, 1.54) is 5.69 Å². The van der Waals surface area contributed by atoms with Crippen molar-refractivity contribution in [3.05, 3.63) is 47.9 Å². The van der Waals surface area contributed by atoms with Crippen LogP contribution >= 0.6 is 0 Å². The Morgan fingerprint density at radius 1 is 1.17 bits per heavy atom. The Hall–Kier alpha value is -3.03. The van der Waals surface area contributed by atoms with E-state index in [0.717, 1.165) is 37.6 Å². The summed E-state index contributed by atoms with van der Waals surface area (Å²) in [6.45, 7) is 8.42. The molecule has 0 radical (unpaired) electrons. The molecule has 1 saturated heterocycles. The lowest BCUT2D eigenvalue weighted by molar-refractivity contribution is -0.131. The lowest BCUT2D eigenvalue weighted by atomic mass is 10.1. The summed E-state index contributed by atoms with van der Waals surface area (Å²) in [5.41, 5.74) is 2.15. The Morgan fingerprint density at radius 2 is 1.90 bits per heavy atom. The predicted octanol–water partition coefficient (Wildman–Crippen LogP) is 2.20. The van der Waals surface area contributed by atoms with Gasteiger partial charge in [0.05, 0.1) is 12.2 Å². The minimum absolute atomic E-state index is 0.169. The van der Waals surface area contributed by atoms with Crippen LogP contribution in [0.2, 0.25) is 0 Å². The van der Waals surface area contributed by atoms with E-state index in [-0.39, 0.29) is 5.91 Å². The molecule has 8 heteroatoms. The zero-order chi connectivity index (χ0) is 21.3. The molecular weight excluding hydrogens is 380 g/mol. The van der Waals surface area contributed by atoms with E-state index >= 15 is 0 Å². The van der Waals surface area contributed by atoms with Gasteiger partial charge < -0.3 is 25.0 Å². The fourth-order valence-electron chi connectivity index (χ4n) is 3.37. The molecule has 0 saturated carbocycles. The van der Waals surface area contributed by atoms with E-state index in [2.05, 4.69) is 51.7 Å². The number of para-hydroxylation sites is 1. The number of piperazine rings is 1. The van der Waals surface area contributed by atoms with Crippen molar-refractivity contribution in [1.29, 1.82) is 0 Å². The van der Waals surface area contributed by atoms with Crippen molar-refractivity contribution in [2.75, 3.05) is 44.7 Å². The van der Waals surface area contributed by atoms with Gasteiger partial charge in [-0.2, -0.15) is 0 Å².